The molecule has 0 fully saturated rings. The third-order valence-corrected chi connectivity index (χ3v) is 3.22. The Labute approximate surface area is 127 Å². The minimum absolute atomic E-state index is 0.176. The first-order chi connectivity index (χ1) is 10.6. The van der Waals surface area contributed by atoms with E-state index in [-0.39, 0.29) is 30.9 Å². The summed E-state index contributed by atoms with van der Waals surface area (Å²) >= 11 is 0. The molecule has 1 N–H and O–H groups in total. The Bertz CT molecular complexity index is 659. The molecule has 3 nitrogen and oxygen atoms in total. The number of hydrogen-bond donors (Lipinski definition) is 1. The monoisotopic (exact) mass is 305 g/mol. The van der Waals surface area contributed by atoms with Crippen molar-refractivity contribution >= 4 is 5.91 Å². The number of rotatable bonds is 6. The van der Waals surface area contributed by atoms with Crippen LogP contribution in [0.4, 0.5) is 8.78 Å². The van der Waals surface area contributed by atoms with Crippen LogP contribution in [0.1, 0.15) is 11.1 Å². The molecule has 0 aliphatic rings. The molecule has 0 aliphatic carbocycles. The van der Waals surface area contributed by atoms with Gasteiger partial charge in [0.05, 0.1) is 13.5 Å². The van der Waals surface area contributed by atoms with Gasteiger partial charge in [-0.25, -0.2) is 8.78 Å². The van der Waals surface area contributed by atoms with Crippen molar-refractivity contribution in [2.24, 2.45) is 0 Å². The summed E-state index contributed by atoms with van der Waals surface area (Å²) < 4.78 is 31.5. The third-order valence-electron chi connectivity index (χ3n) is 3.22. The molecule has 0 radical (unpaired) electrons. The van der Waals surface area contributed by atoms with Gasteiger partial charge in [-0.05, 0) is 47.9 Å². The maximum absolute atomic E-state index is 13.4. The standard InChI is InChI=1S/C17H17F2NO2/c1-22-15-4-2-3-12(9-15)10-17(21)20-8-7-13-11-14(18)5-6-16(13)19/h2-6,9,11H,7-8,10H2,1H3,(H,20,21). The van der Waals surface area contributed by atoms with Crippen LogP contribution in [0.2, 0.25) is 0 Å². The molecule has 2 aromatic rings. The van der Waals surface area contributed by atoms with Crippen molar-refractivity contribution in [1.29, 1.82) is 0 Å². The quantitative estimate of drug-likeness (QED) is 0.891. The Hall–Kier alpha value is -2.43. The lowest BCUT2D eigenvalue weighted by molar-refractivity contribution is -0.120. The van der Waals surface area contributed by atoms with Crippen LogP contribution < -0.4 is 10.1 Å². The van der Waals surface area contributed by atoms with Gasteiger partial charge in [-0.2, -0.15) is 0 Å². The van der Waals surface area contributed by atoms with Crippen molar-refractivity contribution in [3.8, 4) is 5.75 Å². The molecule has 2 aromatic carbocycles. The van der Waals surface area contributed by atoms with Gasteiger partial charge in [0.2, 0.25) is 5.91 Å². The molecule has 0 bridgehead atoms. The van der Waals surface area contributed by atoms with Crippen LogP contribution in [0.15, 0.2) is 42.5 Å². The number of nitrogens with one attached hydrogen (secondary N) is 1. The van der Waals surface area contributed by atoms with Crippen molar-refractivity contribution in [2.75, 3.05) is 13.7 Å². The van der Waals surface area contributed by atoms with Crippen LogP contribution in [0, 0.1) is 11.6 Å². The Morgan fingerprint density at radius 2 is 2.00 bits per heavy atom. The number of hydrogen-bond acceptors (Lipinski definition) is 2. The highest BCUT2D eigenvalue weighted by Crippen LogP contribution is 2.13. The van der Waals surface area contributed by atoms with E-state index >= 15 is 0 Å². The lowest BCUT2D eigenvalue weighted by Gasteiger charge is -2.07. The van der Waals surface area contributed by atoms with Gasteiger partial charge in [-0.15, -0.1) is 0 Å². The number of methoxy groups -OCH3 is 1. The molecule has 5 heteroatoms. The molecule has 2 rings (SSSR count). The summed E-state index contributed by atoms with van der Waals surface area (Å²) in [4.78, 5) is 11.8. The molecule has 0 spiro atoms. The zero-order valence-corrected chi connectivity index (χ0v) is 12.2. The van der Waals surface area contributed by atoms with Gasteiger partial charge in [0.15, 0.2) is 0 Å². The predicted molar refractivity (Wildman–Crippen MR) is 79.8 cm³/mol. The van der Waals surface area contributed by atoms with E-state index in [0.29, 0.717) is 5.75 Å². The van der Waals surface area contributed by atoms with E-state index in [4.69, 9.17) is 4.74 Å². The first-order valence-corrected chi connectivity index (χ1v) is 6.92. The van der Waals surface area contributed by atoms with Crippen LogP contribution in [-0.2, 0) is 17.6 Å². The highest BCUT2D eigenvalue weighted by atomic mass is 19.1. The fourth-order valence-electron chi connectivity index (χ4n) is 2.10. The summed E-state index contributed by atoms with van der Waals surface area (Å²) in [5, 5.41) is 2.69. The fraction of sp³-hybridized carbons (Fsp3) is 0.235. The van der Waals surface area contributed by atoms with E-state index in [2.05, 4.69) is 5.32 Å². The number of ether oxygens (including phenoxy) is 1. The molecule has 116 valence electrons. The highest BCUT2D eigenvalue weighted by Gasteiger charge is 2.07. The van der Waals surface area contributed by atoms with E-state index < -0.39 is 11.6 Å². The predicted octanol–water partition coefficient (Wildman–Crippen LogP) is 2.87. The Balaban J connectivity index is 1.84. The highest BCUT2D eigenvalue weighted by molar-refractivity contribution is 5.78. The normalized spacial score (nSPS) is 10.3. The first-order valence-electron chi connectivity index (χ1n) is 6.92. The van der Waals surface area contributed by atoms with Gasteiger partial charge in [0.25, 0.3) is 0 Å². The van der Waals surface area contributed by atoms with E-state index in [9.17, 15) is 13.6 Å². The van der Waals surface area contributed by atoms with Gasteiger partial charge in [0, 0.05) is 6.54 Å². The zero-order valence-electron chi connectivity index (χ0n) is 12.2. The Kier molecular flexibility index (Phi) is 5.47. The van der Waals surface area contributed by atoms with Gasteiger partial charge in [-0.1, -0.05) is 12.1 Å². The van der Waals surface area contributed by atoms with Gasteiger partial charge >= 0.3 is 0 Å². The number of benzene rings is 2. The molecule has 22 heavy (non-hydrogen) atoms. The van der Waals surface area contributed by atoms with Crippen LogP contribution in [0.25, 0.3) is 0 Å². The van der Waals surface area contributed by atoms with Crippen LogP contribution in [-0.4, -0.2) is 19.6 Å². The van der Waals surface area contributed by atoms with Gasteiger partial charge in [-0.3, -0.25) is 4.79 Å². The maximum Gasteiger partial charge on any atom is 0.224 e. The fourth-order valence-corrected chi connectivity index (χ4v) is 2.10. The Morgan fingerprint density at radius 1 is 1.18 bits per heavy atom. The zero-order chi connectivity index (χ0) is 15.9. The van der Waals surface area contributed by atoms with E-state index in [1.54, 1.807) is 19.2 Å². The summed E-state index contributed by atoms with van der Waals surface area (Å²) in [6.07, 6.45) is 0.455. The smallest absolute Gasteiger partial charge is 0.224 e. The SMILES string of the molecule is COc1cccc(CC(=O)NCCc2cc(F)ccc2F)c1. The number of amides is 1. The molecule has 0 saturated carbocycles. The largest absolute Gasteiger partial charge is 0.497 e. The van der Waals surface area contributed by atoms with Crippen molar-refractivity contribution in [2.45, 2.75) is 12.8 Å². The summed E-state index contributed by atoms with van der Waals surface area (Å²) in [7, 11) is 1.56. The molecule has 0 aromatic heterocycles. The van der Waals surface area contributed by atoms with E-state index in [0.717, 1.165) is 23.8 Å². The second-order valence-electron chi connectivity index (χ2n) is 4.86. The lowest BCUT2D eigenvalue weighted by Crippen LogP contribution is -2.27. The van der Waals surface area contributed by atoms with E-state index in [1.807, 2.05) is 12.1 Å². The number of carbonyl (C=O) groups is 1. The summed E-state index contributed by atoms with van der Waals surface area (Å²) in [6.45, 7) is 0.253. The number of carbonyl (C=O) groups excluding carboxylic acids is 1. The molecule has 0 atom stereocenters. The second kappa shape index (κ2) is 7.54. The minimum atomic E-state index is -0.487. The molecular formula is C17H17F2NO2. The number of halogens is 2. The maximum atomic E-state index is 13.4. The second-order valence-corrected chi connectivity index (χ2v) is 4.86. The van der Waals surface area contributed by atoms with Crippen molar-refractivity contribution in [3.63, 3.8) is 0 Å². The average Bonchev–Trinajstić information content (AvgIpc) is 2.51. The van der Waals surface area contributed by atoms with Crippen molar-refractivity contribution < 1.29 is 18.3 Å². The van der Waals surface area contributed by atoms with Crippen LogP contribution in [0.5, 0.6) is 5.75 Å². The van der Waals surface area contributed by atoms with Crippen molar-refractivity contribution in [1.82, 2.24) is 5.32 Å². The lowest BCUT2D eigenvalue weighted by atomic mass is 10.1. The van der Waals surface area contributed by atoms with Crippen molar-refractivity contribution in [3.05, 3.63) is 65.2 Å². The molecule has 1 amide bonds. The minimum Gasteiger partial charge on any atom is -0.497 e. The molecular weight excluding hydrogens is 288 g/mol. The molecule has 0 aliphatic heterocycles. The first kappa shape index (κ1) is 15.9. The Morgan fingerprint density at radius 3 is 2.77 bits per heavy atom. The van der Waals surface area contributed by atoms with Crippen LogP contribution >= 0.6 is 0 Å². The molecule has 0 unspecified atom stereocenters. The summed E-state index contributed by atoms with van der Waals surface area (Å²) in [5.74, 6) is -0.445. The molecule has 0 heterocycles. The summed E-state index contributed by atoms with van der Waals surface area (Å²) in [5.41, 5.74) is 1.08. The van der Waals surface area contributed by atoms with Crippen LogP contribution in [0.3, 0.4) is 0 Å². The summed E-state index contributed by atoms with van der Waals surface area (Å²) in [6, 6.07) is 10.5. The van der Waals surface area contributed by atoms with E-state index in [1.165, 1.54) is 0 Å². The van der Waals surface area contributed by atoms with Gasteiger partial charge in [0.1, 0.15) is 17.4 Å². The van der Waals surface area contributed by atoms with Gasteiger partial charge < -0.3 is 10.1 Å². The topological polar surface area (TPSA) is 38.3 Å². The average molecular weight is 305 g/mol. The molecule has 0 saturated heterocycles. The third kappa shape index (κ3) is 4.55.